The number of nitrogens with zero attached hydrogens (tertiary/aromatic N) is 5. The van der Waals surface area contributed by atoms with Gasteiger partial charge < -0.3 is 9.88 Å². The maximum atomic E-state index is 13.5. The number of nitrogens with one attached hydrogen (secondary N) is 1. The number of hydrogen-bond acceptors (Lipinski definition) is 6. The van der Waals surface area contributed by atoms with Gasteiger partial charge in [-0.15, -0.1) is 11.3 Å². The predicted octanol–water partition coefficient (Wildman–Crippen LogP) is 3.09. The molecule has 0 radical (unpaired) electrons. The van der Waals surface area contributed by atoms with E-state index in [2.05, 4.69) is 10.3 Å². The van der Waals surface area contributed by atoms with Crippen LogP contribution in [0, 0.1) is 11.3 Å². The number of hydrogen-bond donors (Lipinski definition) is 1. The van der Waals surface area contributed by atoms with Gasteiger partial charge in [-0.3, -0.25) is 14.2 Å². The predicted molar refractivity (Wildman–Crippen MR) is 129 cm³/mol. The van der Waals surface area contributed by atoms with E-state index in [1.807, 2.05) is 41.0 Å². The maximum Gasteiger partial charge on any atom is 0.333 e. The molecule has 10 heteroatoms. The fourth-order valence-electron chi connectivity index (χ4n) is 4.52. The zero-order chi connectivity index (χ0) is 23.7. The molecule has 1 amide bonds. The number of aromatic nitrogens is 4. The van der Waals surface area contributed by atoms with Crippen molar-refractivity contribution in [2.75, 3.05) is 5.32 Å². The maximum absolute atomic E-state index is 13.5. The molecule has 172 valence electrons. The molecule has 0 spiro atoms. The van der Waals surface area contributed by atoms with Crippen LogP contribution in [0.3, 0.4) is 0 Å². The van der Waals surface area contributed by atoms with Crippen LogP contribution in [0.5, 0.6) is 0 Å². The highest BCUT2D eigenvalue weighted by molar-refractivity contribution is 7.14. The molecule has 1 N–H and O–H groups in total. The van der Waals surface area contributed by atoms with E-state index < -0.39 is 23.7 Å². The Morgan fingerprint density at radius 3 is 2.65 bits per heavy atom. The monoisotopic (exact) mass is 474 g/mol. The Bertz CT molecular complexity index is 1520. The van der Waals surface area contributed by atoms with Crippen LogP contribution >= 0.6 is 11.3 Å². The highest BCUT2D eigenvalue weighted by Gasteiger charge is 2.25. The summed E-state index contributed by atoms with van der Waals surface area (Å²) in [6, 6.07) is 13.2. The fourth-order valence-corrected chi connectivity index (χ4v) is 5.27. The molecule has 3 aromatic heterocycles. The minimum absolute atomic E-state index is 0.145. The minimum Gasteiger partial charge on any atom is -0.322 e. The topological polar surface area (TPSA) is 115 Å². The van der Waals surface area contributed by atoms with Crippen molar-refractivity contribution in [2.24, 2.45) is 0 Å². The highest BCUT2D eigenvalue weighted by atomic mass is 32.1. The molecule has 9 nitrogen and oxygen atoms in total. The molecule has 34 heavy (non-hydrogen) atoms. The van der Waals surface area contributed by atoms with E-state index in [1.165, 1.54) is 15.9 Å². The van der Waals surface area contributed by atoms with Crippen molar-refractivity contribution in [1.29, 1.82) is 5.26 Å². The molecule has 1 saturated carbocycles. The molecule has 5 rings (SSSR count). The summed E-state index contributed by atoms with van der Waals surface area (Å²) in [6.07, 6.45) is 5.68. The SMILES string of the molecule is N#Cc1ccsc1NC(=O)Cn1c(=O)c2c(ncn2C2CCCC2)n(Cc2ccccc2)c1=O. The number of amides is 1. The number of imidazole rings is 1. The van der Waals surface area contributed by atoms with Crippen molar-refractivity contribution in [3.05, 3.63) is 80.1 Å². The standard InChI is InChI=1S/C24H22N6O3S/c25-12-17-10-11-34-22(17)27-19(31)14-29-23(32)20-21(26-15-30(20)18-8-4-5-9-18)28(24(29)33)13-16-6-2-1-3-7-16/h1-3,6-7,10-11,15,18H,4-5,8-9,13-14H2,(H,27,31). The molecule has 0 aliphatic heterocycles. The van der Waals surface area contributed by atoms with Gasteiger partial charge >= 0.3 is 5.69 Å². The van der Waals surface area contributed by atoms with Gasteiger partial charge in [0, 0.05) is 6.04 Å². The summed E-state index contributed by atoms with van der Waals surface area (Å²) in [5.41, 5.74) is 0.752. The fraction of sp³-hybridized carbons (Fsp3) is 0.292. The van der Waals surface area contributed by atoms with Crippen LogP contribution in [0.2, 0.25) is 0 Å². The molecule has 1 aliphatic rings. The summed E-state index contributed by atoms with van der Waals surface area (Å²) in [5, 5.41) is 13.9. The van der Waals surface area contributed by atoms with Crippen molar-refractivity contribution >= 4 is 33.4 Å². The van der Waals surface area contributed by atoms with E-state index in [0.717, 1.165) is 35.8 Å². The lowest BCUT2D eigenvalue weighted by atomic mass is 10.2. The van der Waals surface area contributed by atoms with Gasteiger partial charge in [0.15, 0.2) is 11.2 Å². The zero-order valence-corrected chi connectivity index (χ0v) is 19.1. The normalized spacial score (nSPS) is 13.9. The van der Waals surface area contributed by atoms with Gasteiger partial charge in [-0.25, -0.2) is 14.3 Å². The first-order chi connectivity index (χ1) is 16.6. The van der Waals surface area contributed by atoms with Gasteiger partial charge in [-0.05, 0) is 29.9 Å². The summed E-state index contributed by atoms with van der Waals surface area (Å²) in [4.78, 5) is 44.2. The van der Waals surface area contributed by atoms with Crippen LogP contribution in [0.25, 0.3) is 11.2 Å². The van der Waals surface area contributed by atoms with Crippen LogP contribution in [-0.4, -0.2) is 24.6 Å². The molecule has 0 saturated heterocycles. The molecule has 1 aliphatic carbocycles. The number of nitriles is 1. The van der Waals surface area contributed by atoms with Crippen LogP contribution in [0.15, 0.2) is 57.7 Å². The quantitative estimate of drug-likeness (QED) is 0.461. The minimum atomic E-state index is -0.597. The number of fused-ring (bicyclic) bond motifs is 1. The van der Waals surface area contributed by atoms with Gasteiger partial charge in [0.1, 0.15) is 17.6 Å². The summed E-state index contributed by atoms with van der Waals surface area (Å²) in [7, 11) is 0. The van der Waals surface area contributed by atoms with E-state index >= 15 is 0 Å². The van der Waals surface area contributed by atoms with E-state index in [1.54, 1.807) is 17.8 Å². The summed E-state index contributed by atoms with van der Waals surface area (Å²) in [5.74, 6) is -0.546. The Hall–Kier alpha value is -3.97. The Morgan fingerprint density at radius 2 is 1.91 bits per heavy atom. The Labute approximate surface area is 198 Å². The van der Waals surface area contributed by atoms with Crippen molar-refractivity contribution < 1.29 is 4.79 Å². The van der Waals surface area contributed by atoms with E-state index in [9.17, 15) is 19.6 Å². The average molecular weight is 475 g/mol. The highest BCUT2D eigenvalue weighted by Crippen LogP contribution is 2.31. The summed E-state index contributed by atoms with van der Waals surface area (Å²) < 4.78 is 4.29. The van der Waals surface area contributed by atoms with Gasteiger partial charge in [0.05, 0.1) is 18.4 Å². The summed E-state index contributed by atoms with van der Waals surface area (Å²) in [6.45, 7) is -0.232. The van der Waals surface area contributed by atoms with Crippen LogP contribution < -0.4 is 16.6 Å². The van der Waals surface area contributed by atoms with Crippen molar-refractivity contribution in [1.82, 2.24) is 18.7 Å². The molecular formula is C24H22N6O3S. The average Bonchev–Trinajstić information content (AvgIpc) is 3.60. The molecular weight excluding hydrogens is 452 g/mol. The second-order valence-electron chi connectivity index (χ2n) is 8.33. The summed E-state index contributed by atoms with van der Waals surface area (Å²) >= 11 is 1.21. The number of thiophene rings is 1. The second-order valence-corrected chi connectivity index (χ2v) is 9.25. The van der Waals surface area contributed by atoms with Crippen LogP contribution in [0.1, 0.15) is 42.9 Å². The van der Waals surface area contributed by atoms with Gasteiger partial charge in [0.25, 0.3) is 5.56 Å². The molecule has 1 fully saturated rings. The third kappa shape index (κ3) is 3.95. The number of rotatable bonds is 6. The number of carbonyl (C=O) groups excluding carboxylic acids is 1. The van der Waals surface area contributed by atoms with Crippen molar-refractivity contribution in [3.63, 3.8) is 0 Å². The third-order valence-corrected chi connectivity index (χ3v) is 7.01. The number of carbonyl (C=O) groups is 1. The number of benzene rings is 1. The van der Waals surface area contributed by atoms with Gasteiger partial charge in [0.2, 0.25) is 5.91 Å². The molecule has 0 bridgehead atoms. The van der Waals surface area contributed by atoms with Crippen molar-refractivity contribution in [2.45, 2.75) is 44.8 Å². The lowest BCUT2D eigenvalue weighted by molar-refractivity contribution is -0.116. The van der Waals surface area contributed by atoms with E-state index in [-0.39, 0.29) is 12.6 Å². The van der Waals surface area contributed by atoms with Gasteiger partial charge in [-0.2, -0.15) is 5.26 Å². The molecule has 3 heterocycles. The first-order valence-electron chi connectivity index (χ1n) is 11.1. The first-order valence-corrected chi connectivity index (χ1v) is 12.0. The second kappa shape index (κ2) is 9.11. The van der Waals surface area contributed by atoms with E-state index in [0.29, 0.717) is 21.7 Å². The van der Waals surface area contributed by atoms with E-state index in [4.69, 9.17) is 0 Å². The molecule has 0 unspecified atom stereocenters. The van der Waals surface area contributed by atoms with Crippen molar-refractivity contribution in [3.8, 4) is 6.07 Å². The molecule has 1 aromatic carbocycles. The number of anilines is 1. The van der Waals surface area contributed by atoms with Gasteiger partial charge in [-0.1, -0.05) is 43.2 Å². The first kappa shape index (κ1) is 21.9. The Morgan fingerprint density at radius 1 is 1.15 bits per heavy atom. The smallest absolute Gasteiger partial charge is 0.322 e. The molecule has 0 atom stereocenters. The Balaban J connectivity index is 1.60. The Kier molecular flexibility index (Phi) is 5.86. The lowest BCUT2D eigenvalue weighted by Gasteiger charge is -2.15. The molecule has 4 aromatic rings. The van der Waals surface area contributed by atoms with Crippen LogP contribution in [0.4, 0.5) is 5.00 Å². The van der Waals surface area contributed by atoms with Crippen LogP contribution in [-0.2, 0) is 17.9 Å². The zero-order valence-electron chi connectivity index (χ0n) is 18.3. The largest absolute Gasteiger partial charge is 0.333 e. The third-order valence-electron chi connectivity index (χ3n) is 6.18. The lowest BCUT2D eigenvalue weighted by Crippen LogP contribution is -2.43.